The van der Waals surface area contributed by atoms with Gasteiger partial charge < -0.3 is 15.6 Å². The van der Waals surface area contributed by atoms with Gasteiger partial charge in [-0.25, -0.2) is 13.2 Å². The zero-order valence-electron chi connectivity index (χ0n) is 11.7. The molecule has 0 aromatic heterocycles. The molecule has 1 fully saturated rings. The highest BCUT2D eigenvalue weighted by atomic mass is 32.2. The first-order valence-electron chi connectivity index (χ1n) is 6.53. The molecule has 1 aliphatic heterocycles. The van der Waals surface area contributed by atoms with Crippen molar-refractivity contribution >= 4 is 16.0 Å². The van der Waals surface area contributed by atoms with Crippen molar-refractivity contribution in [3.8, 4) is 5.75 Å². The molecule has 0 unspecified atom stereocenters. The lowest BCUT2D eigenvalue weighted by Gasteiger charge is -2.29. The lowest BCUT2D eigenvalue weighted by molar-refractivity contribution is 0.0696. The maximum Gasteiger partial charge on any atom is 0.335 e. The van der Waals surface area contributed by atoms with Crippen LogP contribution in [0.3, 0.4) is 0 Å². The SMILES string of the molecule is COc1ccc(C(=O)O)cc1S(=O)(=O)N1CCC(N)CC1. The maximum absolute atomic E-state index is 12.7. The first kappa shape index (κ1) is 15.7. The molecule has 7 nitrogen and oxygen atoms in total. The smallest absolute Gasteiger partial charge is 0.335 e. The molecule has 3 N–H and O–H groups in total. The molecule has 8 heteroatoms. The third-order valence-electron chi connectivity index (χ3n) is 3.53. The van der Waals surface area contributed by atoms with Crippen LogP contribution in [0.4, 0.5) is 0 Å². The number of carboxylic acids is 1. The second-order valence-electron chi connectivity index (χ2n) is 4.91. The van der Waals surface area contributed by atoms with Crippen molar-refractivity contribution < 1.29 is 23.1 Å². The number of hydrogen-bond acceptors (Lipinski definition) is 5. The molecule has 1 aromatic carbocycles. The van der Waals surface area contributed by atoms with Gasteiger partial charge in [-0.2, -0.15) is 4.31 Å². The van der Waals surface area contributed by atoms with Gasteiger partial charge in [0.15, 0.2) is 0 Å². The van der Waals surface area contributed by atoms with Crippen LogP contribution in [0.5, 0.6) is 5.75 Å². The fourth-order valence-electron chi connectivity index (χ4n) is 2.27. The molecule has 0 atom stereocenters. The van der Waals surface area contributed by atoms with Crippen molar-refractivity contribution in [3.63, 3.8) is 0 Å². The summed E-state index contributed by atoms with van der Waals surface area (Å²) in [6.07, 6.45) is 1.17. The molecule has 21 heavy (non-hydrogen) atoms. The minimum atomic E-state index is -3.79. The molecule has 0 bridgehead atoms. The average molecular weight is 314 g/mol. The summed E-state index contributed by atoms with van der Waals surface area (Å²) in [5.41, 5.74) is 5.68. The highest BCUT2D eigenvalue weighted by Crippen LogP contribution is 2.29. The minimum absolute atomic E-state index is 0.00343. The van der Waals surface area contributed by atoms with Gasteiger partial charge in [0.2, 0.25) is 10.0 Å². The third kappa shape index (κ3) is 3.17. The number of benzene rings is 1. The number of carboxylic acid groups (broad SMARTS) is 1. The predicted octanol–water partition coefficient (Wildman–Crippen LogP) is 0.505. The Bertz CT molecular complexity index is 636. The Hall–Kier alpha value is -1.64. The van der Waals surface area contributed by atoms with Crippen LogP contribution < -0.4 is 10.5 Å². The molecule has 0 amide bonds. The Morgan fingerprint density at radius 1 is 1.38 bits per heavy atom. The third-order valence-corrected chi connectivity index (χ3v) is 5.45. The van der Waals surface area contributed by atoms with E-state index in [1.54, 1.807) is 0 Å². The van der Waals surface area contributed by atoms with E-state index in [9.17, 15) is 13.2 Å². The van der Waals surface area contributed by atoms with Gasteiger partial charge in [0.05, 0.1) is 12.7 Å². The van der Waals surface area contributed by atoms with E-state index in [1.165, 1.54) is 23.5 Å². The number of hydrogen-bond donors (Lipinski definition) is 2. The fraction of sp³-hybridized carbons (Fsp3) is 0.462. The molecule has 0 aliphatic carbocycles. The number of nitrogens with zero attached hydrogens (tertiary/aromatic N) is 1. The highest BCUT2D eigenvalue weighted by Gasteiger charge is 2.31. The lowest BCUT2D eigenvalue weighted by Crippen LogP contribution is -2.42. The molecular weight excluding hydrogens is 296 g/mol. The summed E-state index contributed by atoms with van der Waals surface area (Å²) in [7, 11) is -2.45. The summed E-state index contributed by atoms with van der Waals surface area (Å²) in [5, 5.41) is 9.02. The van der Waals surface area contributed by atoms with Gasteiger partial charge in [-0.15, -0.1) is 0 Å². The van der Waals surface area contributed by atoms with E-state index in [2.05, 4.69) is 0 Å². The van der Waals surface area contributed by atoms with Crippen LogP contribution in [0.15, 0.2) is 23.1 Å². The molecule has 0 saturated carbocycles. The Kier molecular flexibility index (Phi) is 4.50. The largest absolute Gasteiger partial charge is 0.495 e. The van der Waals surface area contributed by atoms with Crippen molar-refractivity contribution in [2.75, 3.05) is 20.2 Å². The zero-order valence-corrected chi connectivity index (χ0v) is 12.5. The summed E-state index contributed by atoms with van der Waals surface area (Å²) in [5.74, 6) is -1.05. The normalized spacial score (nSPS) is 17.6. The molecule has 2 rings (SSSR count). The molecule has 0 spiro atoms. The quantitative estimate of drug-likeness (QED) is 0.837. The van der Waals surface area contributed by atoms with Crippen molar-refractivity contribution in [1.82, 2.24) is 4.31 Å². The van der Waals surface area contributed by atoms with Gasteiger partial charge in [0.1, 0.15) is 10.6 Å². The van der Waals surface area contributed by atoms with Gasteiger partial charge >= 0.3 is 5.97 Å². The van der Waals surface area contributed by atoms with Gasteiger partial charge in [-0.1, -0.05) is 0 Å². The minimum Gasteiger partial charge on any atom is -0.495 e. The van der Waals surface area contributed by atoms with Crippen molar-refractivity contribution in [3.05, 3.63) is 23.8 Å². The molecular formula is C13H18N2O5S. The standard InChI is InChI=1S/C13H18N2O5S/c1-20-11-3-2-9(13(16)17)8-12(11)21(18,19)15-6-4-10(14)5-7-15/h2-3,8,10H,4-7,14H2,1H3,(H,16,17). The Balaban J connectivity index is 2.43. The van der Waals surface area contributed by atoms with Crippen LogP contribution in [-0.2, 0) is 10.0 Å². The molecule has 1 aliphatic rings. The number of aromatic carboxylic acids is 1. The number of carbonyl (C=O) groups is 1. The van der Waals surface area contributed by atoms with E-state index >= 15 is 0 Å². The fourth-order valence-corrected chi connectivity index (χ4v) is 3.92. The summed E-state index contributed by atoms with van der Waals surface area (Å²) >= 11 is 0. The number of ether oxygens (including phenoxy) is 1. The van der Waals surface area contributed by atoms with Gasteiger partial charge in [-0.3, -0.25) is 0 Å². The number of rotatable bonds is 4. The van der Waals surface area contributed by atoms with Gasteiger partial charge in [0.25, 0.3) is 0 Å². The topological polar surface area (TPSA) is 110 Å². The first-order chi connectivity index (χ1) is 9.86. The first-order valence-corrected chi connectivity index (χ1v) is 7.97. The summed E-state index contributed by atoms with van der Waals surface area (Å²) in [6.45, 7) is 0.647. The van der Waals surface area contributed by atoms with E-state index in [4.69, 9.17) is 15.6 Å². The van der Waals surface area contributed by atoms with Crippen LogP contribution >= 0.6 is 0 Å². The number of piperidine rings is 1. The predicted molar refractivity (Wildman–Crippen MR) is 75.9 cm³/mol. The number of sulfonamides is 1. The number of nitrogens with two attached hydrogens (primary N) is 1. The van der Waals surface area contributed by atoms with Crippen molar-refractivity contribution in [2.45, 2.75) is 23.8 Å². The molecule has 1 aromatic rings. The second-order valence-corrected chi connectivity index (χ2v) is 6.82. The van der Waals surface area contributed by atoms with Crippen LogP contribution in [0.2, 0.25) is 0 Å². The monoisotopic (exact) mass is 314 g/mol. The second kappa shape index (κ2) is 6.00. The van der Waals surface area contributed by atoms with E-state index in [-0.39, 0.29) is 22.3 Å². The molecule has 1 heterocycles. The van der Waals surface area contributed by atoms with Crippen molar-refractivity contribution in [1.29, 1.82) is 0 Å². The Labute approximate surface area is 123 Å². The summed E-state index contributed by atoms with van der Waals surface area (Å²) in [6, 6.07) is 3.80. The molecule has 0 radical (unpaired) electrons. The Morgan fingerprint density at radius 3 is 2.52 bits per heavy atom. The Morgan fingerprint density at radius 2 is 2.00 bits per heavy atom. The summed E-state index contributed by atoms with van der Waals surface area (Å²) in [4.78, 5) is 10.9. The lowest BCUT2D eigenvalue weighted by atomic mass is 10.1. The van der Waals surface area contributed by atoms with E-state index in [1.807, 2.05) is 0 Å². The number of methoxy groups -OCH3 is 1. The zero-order chi connectivity index (χ0) is 15.6. The van der Waals surface area contributed by atoms with Gasteiger partial charge in [-0.05, 0) is 31.0 Å². The van der Waals surface area contributed by atoms with Crippen molar-refractivity contribution in [2.24, 2.45) is 5.73 Å². The van der Waals surface area contributed by atoms with Crippen LogP contribution in [0.25, 0.3) is 0 Å². The highest BCUT2D eigenvalue weighted by molar-refractivity contribution is 7.89. The summed E-state index contributed by atoms with van der Waals surface area (Å²) < 4.78 is 31.7. The average Bonchev–Trinajstić information content (AvgIpc) is 2.46. The van der Waals surface area contributed by atoms with E-state index in [0.29, 0.717) is 25.9 Å². The maximum atomic E-state index is 12.7. The van der Waals surface area contributed by atoms with Crippen LogP contribution in [0.1, 0.15) is 23.2 Å². The van der Waals surface area contributed by atoms with Crippen LogP contribution in [0, 0.1) is 0 Å². The molecule has 1 saturated heterocycles. The van der Waals surface area contributed by atoms with E-state index in [0.717, 1.165) is 6.07 Å². The van der Waals surface area contributed by atoms with Gasteiger partial charge in [0, 0.05) is 19.1 Å². The van der Waals surface area contributed by atoms with E-state index < -0.39 is 16.0 Å². The molecule has 116 valence electrons. The van der Waals surface area contributed by atoms with Crippen LogP contribution in [-0.4, -0.2) is 50.0 Å².